The number of halogens is 2. The Morgan fingerprint density at radius 3 is 2.48 bits per heavy atom. The van der Waals surface area contributed by atoms with Gasteiger partial charge in [0.1, 0.15) is 18.2 Å². The molecule has 3 aromatic carbocycles. The quantitative estimate of drug-likeness (QED) is 0.587. The van der Waals surface area contributed by atoms with Gasteiger partial charge in [0.2, 0.25) is 0 Å². The zero-order chi connectivity index (χ0) is 17.6. The molecule has 0 saturated carbocycles. The molecular formula is C21H19ClFNO. The fraction of sp³-hybridized carbons (Fsp3) is 0.143. The molecule has 0 spiro atoms. The number of nitrogens with one attached hydrogen (secondary N) is 1. The van der Waals surface area contributed by atoms with Crippen molar-refractivity contribution in [1.82, 2.24) is 0 Å². The van der Waals surface area contributed by atoms with Gasteiger partial charge in [-0.1, -0.05) is 53.6 Å². The van der Waals surface area contributed by atoms with Gasteiger partial charge >= 0.3 is 0 Å². The Kier molecular flexibility index (Phi) is 5.56. The van der Waals surface area contributed by atoms with Crippen molar-refractivity contribution in [2.45, 2.75) is 20.1 Å². The first-order valence-corrected chi connectivity index (χ1v) is 8.45. The van der Waals surface area contributed by atoms with Gasteiger partial charge < -0.3 is 10.1 Å². The number of anilines is 1. The van der Waals surface area contributed by atoms with E-state index in [0.717, 1.165) is 11.3 Å². The fourth-order valence-electron chi connectivity index (χ4n) is 2.48. The minimum absolute atomic E-state index is 0.0903. The van der Waals surface area contributed by atoms with E-state index in [-0.39, 0.29) is 12.4 Å². The van der Waals surface area contributed by atoms with Crippen molar-refractivity contribution in [3.05, 3.63) is 94.3 Å². The number of benzene rings is 3. The van der Waals surface area contributed by atoms with Crippen molar-refractivity contribution in [1.29, 1.82) is 0 Å². The molecule has 0 aliphatic carbocycles. The largest absolute Gasteiger partial charge is 0.488 e. The lowest BCUT2D eigenvalue weighted by Crippen LogP contribution is -2.05. The van der Waals surface area contributed by atoms with Crippen molar-refractivity contribution >= 4 is 17.3 Å². The van der Waals surface area contributed by atoms with E-state index in [0.29, 0.717) is 22.9 Å². The fourth-order valence-corrected chi connectivity index (χ4v) is 2.70. The Morgan fingerprint density at radius 1 is 0.960 bits per heavy atom. The highest BCUT2D eigenvalue weighted by molar-refractivity contribution is 6.31. The highest BCUT2D eigenvalue weighted by Gasteiger charge is 2.09. The van der Waals surface area contributed by atoms with Gasteiger partial charge in [0.15, 0.2) is 0 Å². The lowest BCUT2D eigenvalue weighted by atomic mass is 10.1. The van der Waals surface area contributed by atoms with Crippen LogP contribution < -0.4 is 10.1 Å². The van der Waals surface area contributed by atoms with Crippen molar-refractivity contribution in [3.63, 3.8) is 0 Å². The Bertz CT molecular complexity index is 829. The number of ether oxygens (including phenoxy) is 1. The van der Waals surface area contributed by atoms with E-state index in [1.54, 1.807) is 12.1 Å². The molecule has 0 aromatic heterocycles. The number of hydrogen-bond donors (Lipinski definition) is 1. The second-order valence-electron chi connectivity index (χ2n) is 5.82. The summed E-state index contributed by atoms with van der Waals surface area (Å²) in [6, 6.07) is 20.5. The van der Waals surface area contributed by atoms with Crippen LogP contribution in [-0.4, -0.2) is 0 Å². The molecule has 25 heavy (non-hydrogen) atoms. The van der Waals surface area contributed by atoms with E-state index in [1.807, 2.05) is 36.4 Å². The van der Waals surface area contributed by atoms with Gasteiger partial charge in [0.05, 0.1) is 5.02 Å². The average Bonchev–Trinajstić information content (AvgIpc) is 2.62. The lowest BCUT2D eigenvalue weighted by molar-refractivity contribution is 0.297. The van der Waals surface area contributed by atoms with Crippen LogP contribution in [-0.2, 0) is 13.2 Å². The summed E-state index contributed by atoms with van der Waals surface area (Å²) in [6.45, 7) is 2.76. The highest BCUT2D eigenvalue weighted by Crippen LogP contribution is 2.24. The highest BCUT2D eigenvalue weighted by atomic mass is 35.5. The summed E-state index contributed by atoms with van der Waals surface area (Å²) < 4.78 is 19.7. The molecule has 0 bridgehead atoms. The van der Waals surface area contributed by atoms with Crippen LogP contribution in [0, 0.1) is 12.7 Å². The zero-order valence-electron chi connectivity index (χ0n) is 13.9. The normalized spacial score (nSPS) is 10.5. The van der Waals surface area contributed by atoms with Gasteiger partial charge in [-0.25, -0.2) is 4.39 Å². The monoisotopic (exact) mass is 355 g/mol. The molecule has 0 atom stereocenters. The minimum atomic E-state index is -0.359. The molecule has 1 N–H and O–H groups in total. The molecule has 4 heteroatoms. The molecule has 3 aromatic rings. The van der Waals surface area contributed by atoms with Gasteiger partial charge in [-0.15, -0.1) is 0 Å². The molecule has 0 heterocycles. The van der Waals surface area contributed by atoms with Crippen molar-refractivity contribution in [3.8, 4) is 5.75 Å². The van der Waals surface area contributed by atoms with E-state index in [9.17, 15) is 4.39 Å². The van der Waals surface area contributed by atoms with Crippen LogP contribution in [0.5, 0.6) is 5.75 Å². The van der Waals surface area contributed by atoms with E-state index in [2.05, 4.69) is 24.4 Å². The van der Waals surface area contributed by atoms with Crippen LogP contribution in [0.2, 0.25) is 5.02 Å². The summed E-state index contributed by atoms with van der Waals surface area (Å²) in [5.41, 5.74) is 3.62. The number of para-hydroxylation sites is 1. The summed E-state index contributed by atoms with van der Waals surface area (Å²) in [7, 11) is 0. The summed E-state index contributed by atoms with van der Waals surface area (Å²) >= 11 is 6.06. The molecule has 2 nitrogen and oxygen atoms in total. The molecule has 0 saturated heterocycles. The third kappa shape index (κ3) is 4.52. The topological polar surface area (TPSA) is 21.3 Å². The third-order valence-corrected chi connectivity index (χ3v) is 4.29. The van der Waals surface area contributed by atoms with Gasteiger partial charge in [0, 0.05) is 23.4 Å². The Morgan fingerprint density at radius 2 is 1.72 bits per heavy atom. The first-order chi connectivity index (χ1) is 12.1. The van der Waals surface area contributed by atoms with Crippen molar-refractivity contribution in [2.75, 3.05) is 5.32 Å². The van der Waals surface area contributed by atoms with Crippen LogP contribution in [0.15, 0.2) is 66.7 Å². The standard InChI is InChI=1S/C21H19ClFNO/c1-15-9-11-17(12-10-15)24-13-16-5-2-3-8-21(16)25-14-18-19(22)6-4-7-20(18)23/h2-12,24H,13-14H2,1H3. The van der Waals surface area contributed by atoms with E-state index < -0.39 is 0 Å². The molecule has 3 rings (SSSR count). The molecule has 0 amide bonds. The number of aryl methyl sites for hydroxylation is 1. The molecule has 128 valence electrons. The van der Waals surface area contributed by atoms with Gasteiger partial charge in [-0.05, 0) is 37.3 Å². The van der Waals surface area contributed by atoms with Crippen LogP contribution in [0.1, 0.15) is 16.7 Å². The lowest BCUT2D eigenvalue weighted by Gasteiger charge is -2.14. The second-order valence-corrected chi connectivity index (χ2v) is 6.22. The maximum absolute atomic E-state index is 13.9. The smallest absolute Gasteiger partial charge is 0.131 e. The Labute approximate surface area is 152 Å². The first-order valence-electron chi connectivity index (χ1n) is 8.07. The van der Waals surface area contributed by atoms with Crippen molar-refractivity contribution < 1.29 is 9.13 Å². The molecular weight excluding hydrogens is 337 g/mol. The van der Waals surface area contributed by atoms with E-state index >= 15 is 0 Å². The summed E-state index contributed by atoms with van der Waals surface area (Å²) in [4.78, 5) is 0. The minimum Gasteiger partial charge on any atom is -0.488 e. The van der Waals surface area contributed by atoms with Crippen LogP contribution in [0.4, 0.5) is 10.1 Å². The molecule has 0 radical (unpaired) electrons. The predicted octanol–water partition coefficient (Wildman–Crippen LogP) is 5.98. The van der Waals surface area contributed by atoms with Crippen LogP contribution in [0.25, 0.3) is 0 Å². The summed E-state index contributed by atoms with van der Waals surface area (Å²) in [6.07, 6.45) is 0. The number of hydrogen-bond acceptors (Lipinski definition) is 2. The molecule has 0 unspecified atom stereocenters. The van der Waals surface area contributed by atoms with E-state index in [1.165, 1.54) is 11.6 Å². The third-order valence-electron chi connectivity index (χ3n) is 3.94. The first kappa shape index (κ1) is 17.3. The maximum Gasteiger partial charge on any atom is 0.131 e. The summed E-state index contributed by atoms with van der Waals surface area (Å²) in [5, 5.41) is 3.74. The molecule has 0 fully saturated rings. The maximum atomic E-state index is 13.9. The SMILES string of the molecule is Cc1ccc(NCc2ccccc2OCc2c(F)cccc2Cl)cc1. The van der Waals surface area contributed by atoms with Gasteiger partial charge in [0.25, 0.3) is 0 Å². The average molecular weight is 356 g/mol. The van der Waals surface area contributed by atoms with Crippen LogP contribution in [0.3, 0.4) is 0 Å². The van der Waals surface area contributed by atoms with Gasteiger partial charge in [-0.3, -0.25) is 0 Å². The Balaban J connectivity index is 1.69. The Hall–Kier alpha value is -2.52. The zero-order valence-corrected chi connectivity index (χ0v) is 14.7. The number of rotatable bonds is 6. The predicted molar refractivity (Wildman–Crippen MR) is 101 cm³/mol. The van der Waals surface area contributed by atoms with Gasteiger partial charge in [-0.2, -0.15) is 0 Å². The molecule has 0 aliphatic rings. The van der Waals surface area contributed by atoms with E-state index in [4.69, 9.17) is 16.3 Å². The molecule has 0 aliphatic heterocycles. The van der Waals surface area contributed by atoms with Crippen LogP contribution >= 0.6 is 11.6 Å². The second kappa shape index (κ2) is 8.04. The summed E-state index contributed by atoms with van der Waals surface area (Å²) in [5.74, 6) is 0.351. The van der Waals surface area contributed by atoms with Crippen molar-refractivity contribution in [2.24, 2.45) is 0 Å².